The Morgan fingerprint density at radius 2 is 1.69 bits per heavy atom. The molecule has 200 valence electrons. The summed E-state index contributed by atoms with van der Waals surface area (Å²) in [6.45, 7) is 8.52. The summed E-state index contributed by atoms with van der Waals surface area (Å²) in [7, 11) is 0. The van der Waals surface area contributed by atoms with E-state index in [0.29, 0.717) is 12.0 Å². The average molecular weight is 497 g/mol. The normalized spacial score (nSPS) is 48.3. The van der Waals surface area contributed by atoms with Gasteiger partial charge < -0.3 is 35.7 Å². The van der Waals surface area contributed by atoms with Crippen LogP contribution < -0.4 is 0 Å². The fourth-order valence-electron chi connectivity index (χ4n) is 8.44. The van der Waals surface area contributed by atoms with Gasteiger partial charge >= 0.3 is 0 Å². The molecule has 4 aliphatic carbocycles. The number of hydrogen-bond acceptors (Lipinski definition) is 8. The van der Waals surface area contributed by atoms with Crippen LogP contribution in [-0.4, -0.2) is 82.7 Å². The number of aliphatic hydroxyl groups excluding tert-OH is 4. The molecule has 4 aliphatic rings. The van der Waals surface area contributed by atoms with Crippen molar-refractivity contribution in [3.05, 3.63) is 11.6 Å². The summed E-state index contributed by atoms with van der Waals surface area (Å²) in [6.07, 6.45) is -1.08. The highest BCUT2D eigenvalue weighted by Crippen LogP contribution is 2.68. The van der Waals surface area contributed by atoms with E-state index in [-0.39, 0.29) is 44.3 Å². The fraction of sp³-hybridized carbons (Fsp3) is 0.889. The van der Waals surface area contributed by atoms with Gasteiger partial charge in [-0.3, -0.25) is 4.79 Å². The molecule has 11 atom stereocenters. The Bertz CT molecular complexity index is 892. The van der Waals surface area contributed by atoms with E-state index < -0.39 is 69.8 Å². The van der Waals surface area contributed by atoms with E-state index in [2.05, 4.69) is 0 Å². The van der Waals surface area contributed by atoms with E-state index in [0.717, 1.165) is 0 Å². The number of carbonyl (C=O) groups is 1. The first-order chi connectivity index (χ1) is 15.9. The van der Waals surface area contributed by atoms with Crippen molar-refractivity contribution in [1.29, 1.82) is 0 Å². The molecule has 2 unspecified atom stereocenters. The topological polar surface area (TPSA) is 159 Å². The van der Waals surface area contributed by atoms with E-state index in [1.807, 2.05) is 13.8 Å². The van der Waals surface area contributed by atoms with E-state index in [1.54, 1.807) is 20.8 Å². The molecule has 0 radical (unpaired) electrons. The smallest absolute Gasteiger partial charge is 0.159 e. The second-order valence-corrected chi connectivity index (χ2v) is 13.3. The lowest BCUT2D eigenvalue weighted by Gasteiger charge is -2.62. The van der Waals surface area contributed by atoms with Crippen molar-refractivity contribution in [2.24, 2.45) is 28.6 Å². The SMILES string of the molecule is CC(C)(O)CC[C@@H](O)C(C)(O)[C@H]1CC[C@@]2(O)C3=CC(=O)[C@@H]4C[C@@H](O)[C@@H](O)C[C@]4(C)C3[C@H](O)C[C@]12C. The van der Waals surface area contributed by atoms with Gasteiger partial charge in [-0.2, -0.15) is 0 Å². The van der Waals surface area contributed by atoms with Crippen LogP contribution in [0.4, 0.5) is 0 Å². The van der Waals surface area contributed by atoms with Crippen molar-refractivity contribution in [1.82, 2.24) is 0 Å². The van der Waals surface area contributed by atoms with Gasteiger partial charge in [0.2, 0.25) is 0 Å². The predicted octanol–water partition coefficient (Wildman–Crippen LogP) is 0.825. The number of aliphatic hydroxyl groups is 7. The molecule has 7 N–H and O–H groups in total. The molecular formula is C27H44O8. The summed E-state index contributed by atoms with van der Waals surface area (Å²) < 4.78 is 0. The zero-order chi connectivity index (χ0) is 26.4. The number of carbonyl (C=O) groups excluding carboxylic acids is 1. The highest BCUT2D eigenvalue weighted by molar-refractivity contribution is 5.95. The Morgan fingerprint density at radius 1 is 1.06 bits per heavy atom. The molecule has 0 aromatic rings. The highest BCUT2D eigenvalue weighted by Gasteiger charge is 2.71. The van der Waals surface area contributed by atoms with Gasteiger partial charge in [0.1, 0.15) is 0 Å². The first kappa shape index (κ1) is 27.2. The van der Waals surface area contributed by atoms with Crippen LogP contribution >= 0.6 is 0 Å². The number of ketones is 1. The molecule has 0 saturated heterocycles. The lowest BCUT2D eigenvalue weighted by atomic mass is 9.45. The summed E-state index contributed by atoms with van der Waals surface area (Å²) >= 11 is 0. The van der Waals surface area contributed by atoms with Crippen LogP contribution in [0.5, 0.6) is 0 Å². The van der Waals surface area contributed by atoms with Gasteiger partial charge in [-0.05, 0) is 88.7 Å². The molecule has 0 spiro atoms. The Morgan fingerprint density at radius 3 is 2.29 bits per heavy atom. The Hall–Kier alpha value is -0.870. The zero-order valence-electron chi connectivity index (χ0n) is 21.6. The van der Waals surface area contributed by atoms with Crippen LogP contribution in [0.25, 0.3) is 0 Å². The van der Waals surface area contributed by atoms with Gasteiger partial charge in [0, 0.05) is 17.3 Å². The quantitative estimate of drug-likeness (QED) is 0.295. The molecule has 0 heterocycles. The molecule has 35 heavy (non-hydrogen) atoms. The van der Waals surface area contributed by atoms with Gasteiger partial charge in [-0.1, -0.05) is 13.8 Å². The van der Waals surface area contributed by atoms with E-state index in [4.69, 9.17) is 0 Å². The molecule has 4 rings (SSSR count). The summed E-state index contributed by atoms with van der Waals surface area (Å²) in [5, 5.41) is 77.0. The molecule has 8 heteroatoms. The second kappa shape index (κ2) is 8.32. The third kappa shape index (κ3) is 3.95. The number of fused-ring (bicyclic) bond motifs is 5. The minimum atomic E-state index is -1.59. The maximum atomic E-state index is 13.3. The van der Waals surface area contributed by atoms with Crippen molar-refractivity contribution < 1.29 is 40.5 Å². The second-order valence-electron chi connectivity index (χ2n) is 13.3. The van der Waals surface area contributed by atoms with Gasteiger partial charge in [0.25, 0.3) is 0 Å². The van der Waals surface area contributed by atoms with Crippen LogP contribution in [0.3, 0.4) is 0 Å². The maximum absolute atomic E-state index is 13.3. The summed E-state index contributed by atoms with van der Waals surface area (Å²) in [4.78, 5) is 13.3. The molecule has 8 nitrogen and oxygen atoms in total. The zero-order valence-corrected chi connectivity index (χ0v) is 21.6. The Kier molecular flexibility index (Phi) is 6.46. The molecule has 0 aromatic heterocycles. The first-order valence-corrected chi connectivity index (χ1v) is 13.0. The van der Waals surface area contributed by atoms with Gasteiger partial charge in [-0.25, -0.2) is 0 Å². The molecule has 0 aliphatic heterocycles. The van der Waals surface area contributed by atoms with Crippen LogP contribution in [0, 0.1) is 28.6 Å². The minimum Gasteiger partial charge on any atom is -0.392 e. The summed E-state index contributed by atoms with van der Waals surface area (Å²) in [5.74, 6) is -1.89. The largest absolute Gasteiger partial charge is 0.392 e. The molecule has 0 bridgehead atoms. The Labute approximate surface area is 207 Å². The lowest BCUT2D eigenvalue weighted by Crippen LogP contribution is -2.66. The molecule has 3 saturated carbocycles. The van der Waals surface area contributed by atoms with Crippen molar-refractivity contribution in [2.75, 3.05) is 0 Å². The highest BCUT2D eigenvalue weighted by atomic mass is 16.3. The monoisotopic (exact) mass is 496 g/mol. The van der Waals surface area contributed by atoms with Crippen molar-refractivity contribution in [3.63, 3.8) is 0 Å². The molecule has 3 fully saturated rings. The van der Waals surface area contributed by atoms with Crippen molar-refractivity contribution in [3.8, 4) is 0 Å². The van der Waals surface area contributed by atoms with Crippen molar-refractivity contribution in [2.45, 2.75) is 121 Å². The van der Waals surface area contributed by atoms with Crippen LogP contribution in [0.15, 0.2) is 11.6 Å². The number of rotatable bonds is 5. The lowest BCUT2D eigenvalue weighted by molar-refractivity contribution is -0.197. The van der Waals surface area contributed by atoms with Gasteiger partial charge in [-0.15, -0.1) is 0 Å². The Balaban J connectivity index is 1.71. The minimum absolute atomic E-state index is 0.115. The van der Waals surface area contributed by atoms with Crippen LogP contribution in [0.1, 0.15) is 79.6 Å². The molecule has 0 aromatic carbocycles. The van der Waals surface area contributed by atoms with Gasteiger partial charge in [0.15, 0.2) is 5.78 Å². The predicted molar refractivity (Wildman–Crippen MR) is 128 cm³/mol. The maximum Gasteiger partial charge on any atom is 0.159 e. The van der Waals surface area contributed by atoms with Crippen molar-refractivity contribution >= 4 is 5.78 Å². The molecular weight excluding hydrogens is 452 g/mol. The number of allylic oxidation sites excluding steroid dienone is 1. The number of hydrogen-bond donors (Lipinski definition) is 7. The fourth-order valence-corrected chi connectivity index (χ4v) is 8.44. The molecule has 0 amide bonds. The van der Waals surface area contributed by atoms with E-state index in [9.17, 15) is 40.5 Å². The van der Waals surface area contributed by atoms with Crippen LogP contribution in [0.2, 0.25) is 0 Å². The summed E-state index contributed by atoms with van der Waals surface area (Å²) in [6, 6.07) is 0. The summed E-state index contributed by atoms with van der Waals surface area (Å²) in [5.41, 5.74) is -5.42. The first-order valence-electron chi connectivity index (χ1n) is 13.0. The third-order valence-electron chi connectivity index (χ3n) is 10.5. The third-order valence-corrected chi connectivity index (χ3v) is 10.5. The van der Waals surface area contributed by atoms with Crippen LogP contribution in [-0.2, 0) is 4.79 Å². The van der Waals surface area contributed by atoms with Gasteiger partial charge in [0.05, 0.1) is 41.2 Å². The average Bonchev–Trinajstić information content (AvgIpc) is 2.99. The van der Waals surface area contributed by atoms with E-state index in [1.165, 1.54) is 6.08 Å². The standard InChI is InChI=1S/C27H44O8/c1-23(2,33)8-7-21(32)26(5,34)20-6-9-27(35)15-11-16(28)14-10-17(29)18(30)12-24(14,3)22(15)19(31)13-25(20,27)4/h11,14,17-22,29-35H,6-10,12-13H2,1-5H3/t14-,17+,18-,19+,20-,21+,22?,24-,25+,26?,27+/m0/s1. The van der Waals surface area contributed by atoms with E-state index >= 15 is 0 Å².